The molecular weight excluding hydrogens is 218 g/mol. The van der Waals surface area contributed by atoms with Gasteiger partial charge >= 0.3 is 5.97 Å². The number of carbonyl (C=O) groups is 2. The summed E-state index contributed by atoms with van der Waals surface area (Å²) in [7, 11) is 1.33. The Hall–Kier alpha value is -1.06. The molecule has 0 aliphatic carbocycles. The van der Waals surface area contributed by atoms with Gasteiger partial charge in [0.1, 0.15) is 6.04 Å². The minimum atomic E-state index is -0.557. The predicted molar refractivity (Wildman–Crippen MR) is 69.5 cm³/mol. The molecule has 0 spiro atoms. The number of carbonyl (C=O) groups excluding carboxylic acids is 2. The van der Waals surface area contributed by atoms with E-state index in [-0.39, 0.29) is 37.1 Å². The maximum absolute atomic E-state index is 11.8. The van der Waals surface area contributed by atoms with E-state index in [1.165, 1.54) is 7.11 Å². The molecule has 0 bridgehead atoms. The van der Waals surface area contributed by atoms with Crippen LogP contribution in [0.2, 0.25) is 0 Å². The number of amides is 1. The first-order valence-corrected chi connectivity index (χ1v) is 5.69. The molecule has 0 rings (SSSR count). The zero-order valence-corrected chi connectivity index (χ0v) is 11.0. The average molecular weight is 245 g/mol. The average Bonchev–Trinajstić information content (AvgIpc) is 2.22. The van der Waals surface area contributed by atoms with E-state index in [1.807, 2.05) is 34.6 Å². The van der Waals surface area contributed by atoms with Crippen molar-refractivity contribution in [1.82, 2.24) is 5.32 Å². The molecule has 0 heterocycles. The zero-order valence-electron chi connectivity index (χ0n) is 11.0. The fraction of sp³-hybridized carbons (Fsp3) is 0.846. The van der Waals surface area contributed by atoms with Gasteiger partial charge in [0.25, 0.3) is 0 Å². The summed E-state index contributed by atoms with van der Waals surface area (Å²) in [5.41, 5.74) is 0. The van der Waals surface area contributed by atoms with Gasteiger partial charge in [-0.05, 0) is 11.8 Å². The molecule has 17 heavy (non-hydrogen) atoms. The molecule has 0 saturated carbocycles. The van der Waals surface area contributed by atoms with E-state index in [2.05, 4.69) is 10.1 Å². The van der Waals surface area contributed by atoms with Gasteiger partial charge in [-0.2, -0.15) is 0 Å². The molecule has 4 nitrogen and oxygen atoms in total. The molecule has 0 saturated heterocycles. The summed E-state index contributed by atoms with van der Waals surface area (Å²) in [6.45, 7) is 9.57. The van der Waals surface area contributed by atoms with Gasteiger partial charge in [0.2, 0.25) is 5.91 Å². The second-order valence-electron chi connectivity index (χ2n) is 4.79. The van der Waals surface area contributed by atoms with Crippen molar-refractivity contribution < 1.29 is 14.3 Å². The summed E-state index contributed by atoms with van der Waals surface area (Å²) in [5, 5.41) is 2.73. The zero-order chi connectivity index (χ0) is 12.9. The molecule has 0 unspecified atom stereocenters. The number of esters is 1. The van der Waals surface area contributed by atoms with Crippen LogP contribution in [0.4, 0.5) is 0 Å². The van der Waals surface area contributed by atoms with E-state index in [9.17, 15) is 9.59 Å². The minimum Gasteiger partial charge on any atom is -0.467 e. The molecule has 2 atom stereocenters. The Labute approximate surface area is 105 Å². The normalized spacial score (nSPS) is 13.9. The monoisotopic (exact) mass is 245 g/mol. The van der Waals surface area contributed by atoms with Crippen LogP contribution in [0.5, 0.6) is 0 Å². The van der Waals surface area contributed by atoms with Crippen molar-refractivity contribution in [3.05, 3.63) is 0 Å². The van der Waals surface area contributed by atoms with E-state index < -0.39 is 6.04 Å². The van der Waals surface area contributed by atoms with Crippen LogP contribution < -0.4 is 5.32 Å². The Balaban J connectivity index is 0. The lowest BCUT2D eigenvalue weighted by atomic mass is 9.96. The standard InChI is InChI=1S/C12H23NO3.CH4/c1-7(2)9(5)11(14)13-10(8(3)4)12(15)16-6;/h7-10H,1-6H3,(H,13,14);1H4/t9-,10-;/m0./s1. The van der Waals surface area contributed by atoms with Gasteiger partial charge in [-0.1, -0.05) is 42.0 Å². The van der Waals surface area contributed by atoms with Crippen molar-refractivity contribution >= 4 is 11.9 Å². The van der Waals surface area contributed by atoms with Crippen molar-refractivity contribution in [2.45, 2.75) is 48.1 Å². The van der Waals surface area contributed by atoms with Gasteiger partial charge in [-0.25, -0.2) is 4.79 Å². The molecule has 0 aliphatic rings. The van der Waals surface area contributed by atoms with Crippen LogP contribution in [-0.4, -0.2) is 25.0 Å². The first-order valence-electron chi connectivity index (χ1n) is 5.69. The molecule has 102 valence electrons. The third-order valence-corrected chi connectivity index (χ3v) is 2.83. The van der Waals surface area contributed by atoms with Crippen LogP contribution in [0.1, 0.15) is 42.0 Å². The summed E-state index contributed by atoms with van der Waals surface area (Å²) in [5.74, 6) is -0.314. The van der Waals surface area contributed by atoms with E-state index in [1.54, 1.807) is 0 Å². The first kappa shape index (κ1) is 18.3. The Morgan fingerprint density at radius 3 is 1.76 bits per heavy atom. The number of hydrogen-bond donors (Lipinski definition) is 1. The van der Waals surface area contributed by atoms with Gasteiger partial charge in [0.05, 0.1) is 7.11 Å². The molecule has 0 radical (unpaired) electrons. The molecule has 0 fully saturated rings. The molecule has 0 aromatic rings. The third kappa shape index (κ3) is 5.71. The van der Waals surface area contributed by atoms with E-state index in [0.717, 1.165) is 0 Å². The Morgan fingerprint density at radius 2 is 1.47 bits per heavy atom. The topological polar surface area (TPSA) is 55.4 Å². The number of ether oxygens (including phenoxy) is 1. The number of rotatable bonds is 5. The van der Waals surface area contributed by atoms with Crippen molar-refractivity contribution in [2.75, 3.05) is 7.11 Å². The maximum atomic E-state index is 11.8. The van der Waals surface area contributed by atoms with Gasteiger partial charge in [0, 0.05) is 5.92 Å². The van der Waals surface area contributed by atoms with Crippen LogP contribution >= 0.6 is 0 Å². The minimum absolute atomic E-state index is 0. The number of nitrogens with one attached hydrogen (secondary N) is 1. The SMILES string of the molecule is C.COC(=O)[C@@H](NC(=O)[C@@H](C)C(C)C)C(C)C. The van der Waals surface area contributed by atoms with Gasteiger partial charge < -0.3 is 10.1 Å². The highest BCUT2D eigenvalue weighted by Crippen LogP contribution is 2.11. The van der Waals surface area contributed by atoms with Crippen molar-refractivity contribution in [1.29, 1.82) is 0 Å². The molecule has 0 aliphatic heterocycles. The number of hydrogen-bond acceptors (Lipinski definition) is 3. The largest absolute Gasteiger partial charge is 0.467 e. The van der Waals surface area contributed by atoms with Crippen molar-refractivity contribution in [3.8, 4) is 0 Å². The van der Waals surface area contributed by atoms with Crippen LogP contribution in [0, 0.1) is 17.8 Å². The summed E-state index contributed by atoms with van der Waals surface area (Å²) in [6.07, 6.45) is 0. The molecule has 1 amide bonds. The highest BCUT2D eigenvalue weighted by Gasteiger charge is 2.27. The lowest BCUT2D eigenvalue weighted by molar-refractivity contribution is -0.147. The molecule has 0 aromatic heterocycles. The highest BCUT2D eigenvalue weighted by atomic mass is 16.5. The summed E-state index contributed by atoms with van der Waals surface area (Å²) < 4.78 is 4.66. The Kier molecular flexibility index (Phi) is 8.72. The van der Waals surface area contributed by atoms with Crippen molar-refractivity contribution in [2.24, 2.45) is 17.8 Å². The lowest BCUT2D eigenvalue weighted by Gasteiger charge is -2.23. The molecule has 1 N–H and O–H groups in total. The van der Waals surface area contributed by atoms with Crippen molar-refractivity contribution in [3.63, 3.8) is 0 Å². The van der Waals surface area contributed by atoms with Crippen LogP contribution in [0.25, 0.3) is 0 Å². The van der Waals surface area contributed by atoms with E-state index in [0.29, 0.717) is 0 Å². The summed E-state index contributed by atoms with van der Waals surface area (Å²) >= 11 is 0. The smallest absolute Gasteiger partial charge is 0.328 e. The Bertz CT molecular complexity index is 249. The van der Waals surface area contributed by atoms with E-state index in [4.69, 9.17) is 0 Å². The Morgan fingerprint density at radius 1 is 1.00 bits per heavy atom. The second kappa shape index (κ2) is 8.09. The predicted octanol–water partition coefficient (Wildman–Crippen LogP) is 2.23. The second-order valence-corrected chi connectivity index (χ2v) is 4.79. The van der Waals surface area contributed by atoms with E-state index >= 15 is 0 Å². The fourth-order valence-corrected chi connectivity index (χ4v) is 1.21. The maximum Gasteiger partial charge on any atom is 0.328 e. The lowest BCUT2D eigenvalue weighted by Crippen LogP contribution is -2.47. The molecular formula is C13H27NO3. The van der Waals surface area contributed by atoms with Crippen LogP contribution in [0.3, 0.4) is 0 Å². The first-order chi connectivity index (χ1) is 7.31. The summed E-state index contributed by atoms with van der Waals surface area (Å²) in [4.78, 5) is 23.2. The third-order valence-electron chi connectivity index (χ3n) is 2.83. The van der Waals surface area contributed by atoms with Gasteiger partial charge in [-0.15, -0.1) is 0 Å². The van der Waals surface area contributed by atoms with Gasteiger partial charge in [0.15, 0.2) is 0 Å². The van der Waals surface area contributed by atoms with Gasteiger partial charge in [-0.3, -0.25) is 4.79 Å². The summed E-state index contributed by atoms with van der Waals surface area (Å²) in [6, 6.07) is -0.557. The molecule has 4 heteroatoms. The number of methoxy groups -OCH3 is 1. The van der Waals surface area contributed by atoms with Crippen LogP contribution in [-0.2, 0) is 14.3 Å². The highest BCUT2D eigenvalue weighted by molar-refractivity contribution is 5.85. The molecule has 0 aromatic carbocycles. The quantitative estimate of drug-likeness (QED) is 0.756. The van der Waals surface area contributed by atoms with Crippen LogP contribution in [0.15, 0.2) is 0 Å². The fourth-order valence-electron chi connectivity index (χ4n) is 1.21.